The van der Waals surface area contributed by atoms with Crippen LogP contribution < -0.4 is 11.1 Å². The third kappa shape index (κ3) is 0.944. The second-order valence-corrected chi connectivity index (χ2v) is 3.61. The quantitative estimate of drug-likeness (QED) is 0.464. The monoisotopic (exact) mass is 141 g/mol. The first kappa shape index (κ1) is 6.58. The number of hydrogen-bond acceptors (Lipinski definition) is 3. The average Bonchev–Trinajstić information content (AvgIpc) is 2.07. The fourth-order valence-electron chi connectivity index (χ4n) is 2.15. The van der Waals surface area contributed by atoms with E-state index in [4.69, 9.17) is 5.73 Å². The van der Waals surface area contributed by atoms with Crippen LogP contribution in [0.15, 0.2) is 0 Å². The first-order valence-electron chi connectivity index (χ1n) is 3.96. The van der Waals surface area contributed by atoms with Crippen molar-refractivity contribution < 1.29 is 0 Å². The van der Waals surface area contributed by atoms with Gasteiger partial charge in [-0.05, 0) is 13.5 Å². The molecular weight excluding hydrogens is 126 g/mol. The second kappa shape index (κ2) is 2.19. The van der Waals surface area contributed by atoms with Crippen molar-refractivity contribution in [2.75, 3.05) is 20.1 Å². The van der Waals surface area contributed by atoms with Gasteiger partial charge in [-0.3, -0.25) is 5.32 Å². The van der Waals surface area contributed by atoms with Gasteiger partial charge in [0.25, 0.3) is 0 Å². The molecule has 3 nitrogen and oxygen atoms in total. The summed E-state index contributed by atoms with van der Waals surface area (Å²) in [6, 6.07) is 0.666. The third-order valence-corrected chi connectivity index (χ3v) is 2.60. The minimum atomic E-state index is 0.259. The average molecular weight is 141 g/mol. The molecule has 10 heavy (non-hydrogen) atoms. The molecule has 2 rings (SSSR count). The zero-order chi connectivity index (χ0) is 7.14. The molecule has 2 heterocycles. The van der Waals surface area contributed by atoms with Crippen molar-refractivity contribution in [2.45, 2.75) is 18.6 Å². The van der Waals surface area contributed by atoms with Crippen LogP contribution in [0.4, 0.5) is 0 Å². The SMILES string of the molecule is CN1CC2CC(C1)C(N)N2. The molecule has 3 N–H and O–H groups in total. The summed E-state index contributed by atoms with van der Waals surface area (Å²) in [5.74, 6) is 0.698. The summed E-state index contributed by atoms with van der Waals surface area (Å²) in [7, 11) is 2.17. The van der Waals surface area contributed by atoms with E-state index in [9.17, 15) is 0 Å². The number of likely N-dealkylation sites (N-methyl/N-ethyl adjacent to an activating group) is 1. The topological polar surface area (TPSA) is 41.3 Å². The maximum Gasteiger partial charge on any atom is 0.0590 e. The van der Waals surface area contributed by atoms with Crippen LogP contribution in [0.2, 0.25) is 0 Å². The lowest BCUT2D eigenvalue weighted by Gasteiger charge is -2.27. The number of nitrogens with one attached hydrogen (secondary N) is 1. The van der Waals surface area contributed by atoms with Crippen molar-refractivity contribution in [3.8, 4) is 0 Å². The van der Waals surface area contributed by atoms with Crippen LogP contribution in [-0.4, -0.2) is 37.2 Å². The molecule has 3 atom stereocenters. The molecule has 58 valence electrons. The van der Waals surface area contributed by atoms with Crippen LogP contribution in [0.3, 0.4) is 0 Å². The Morgan fingerprint density at radius 1 is 1.50 bits per heavy atom. The van der Waals surface area contributed by atoms with Gasteiger partial charge in [0, 0.05) is 25.0 Å². The summed E-state index contributed by atoms with van der Waals surface area (Å²) in [6.45, 7) is 2.34. The third-order valence-electron chi connectivity index (χ3n) is 2.60. The van der Waals surface area contributed by atoms with Gasteiger partial charge in [-0.1, -0.05) is 0 Å². The number of hydrogen-bond donors (Lipinski definition) is 2. The first-order chi connectivity index (χ1) is 4.75. The lowest BCUT2D eigenvalue weighted by atomic mass is 9.99. The predicted octanol–water partition coefficient (Wildman–Crippen LogP) is -0.805. The molecule has 0 aromatic rings. The van der Waals surface area contributed by atoms with E-state index in [1.54, 1.807) is 0 Å². The highest BCUT2D eigenvalue weighted by Crippen LogP contribution is 2.23. The second-order valence-electron chi connectivity index (χ2n) is 3.61. The molecule has 0 saturated carbocycles. The number of rotatable bonds is 0. The summed E-state index contributed by atoms with van der Waals surface area (Å²) in [5.41, 5.74) is 5.84. The number of nitrogens with two attached hydrogens (primary N) is 1. The van der Waals surface area contributed by atoms with Crippen LogP contribution in [-0.2, 0) is 0 Å². The summed E-state index contributed by atoms with van der Waals surface area (Å²) in [6.07, 6.45) is 1.54. The van der Waals surface area contributed by atoms with E-state index < -0.39 is 0 Å². The van der Waals surface area contributed by atoms with E-state index in [0.29, 0.717) is 12.0 Å². The Hall–Kier alpha value is -0.120. The van der Waals surface area contributed by atoms with E-state index in [1.165, 1.54) is 19.5 Å². The zero-order valence-electron chi connectivity index (χ0n) is 6.38. The molecule has 2 saturated heterocycles. The van der Waals surface area contributed by atoms with Gasteiger partial charge in [0.1, 0.15) is 0 Å². The molecular formula is C7H15N3. The van der Waals surface area contributed by atoms with Crippen molar-refractivity contribution in [1.82, 2.24) is 10.2 Å². The van der Waals surface area contributed by atoms with E-state index in [-0.39, 0.29) is 6.17 Å². The Kier molecular flexibility index (Phi) is 1.44. The minimum absolute atomic E-state index is 0.259. The molecule has 0 radical (unpaired) electrons. The van der Waals surface area contributed by atoms with Gasteiger partial charge in [0.2, 0.25) is 0 Å². The lowest BCUT2D eigenvalue weighted by molar-refractivity contribution is 0.225. The molecule has 2 aliphatic rings. The summed E-state index contributed by atoms with van der Waals surface area (Å²) in [5, 5.41) is 3.38. The van der Waals surface area contributed by atoms with Gasteiger partial charge in [-0.15, -0.1) is 0 Å². The molecule has 3 unspecified atom stereocenters. The van der Waals surface area contributed by atoms with Crippen LogP contribution in [0.1, 0.15) is 6.42 Å². The van der Waals surface area contributed by atoms with Gasteiger partial charge in [0.05, 0.1) is 6.17 Å². The molecule has 0 aromatic heterocycles. The van der Waals surface area contributed by atoms with E-state index in [1.807, 2.05) is 0 Å². The van der Waals surface area contributed by atoms with Gasteiger partial charge >= 0.3 is 0 Å². The molecule has 2 bridgehead atoms. The number of likely N-dealkylation sites (tertiary alicyclic amines) is 1. The fraction of sp³-hybridized carbons (Fsp3) is 1.00. The Balaban J connectivity index is 2.06. The molecule has 0 aromatic carbocycles. The molecule has 3 heteroatoms. The van der Waals surface area contributed by atoms with E-state index in [2.05, 4.69) is 17.3 Å². The summed E-state index contributed by atoms with van der Waals surface area (Å²) in [4.78, 5) is 2.36. The van der Waals surface area contributed by atoms with Crippen molar-refractivity contribution in [3.05, 3.63) is 0 Å². The highest BCUT2D eigenvalue weighted by Gasteiger charge is 2.36. The van der Waals surface area contributed by atoms with Crippen LogP contribution in [0, 0.1) is 5.92 Å². The highest BCUT2D eigenvalue weighted by molar-refractivity contribution is 4.94. The fourth-order valence-corrected chi connectivity index (χ4v) is 2.15. The van der Waals surface area contributed by atoms with E-state index >= 15 is 0 Å². The summed E-state index contributed by atoms with van der Waals surface area (Å²) >= 11 is 0. The Labute approximate surface area is 61.6 Å². The zero-order valence-corrected chi connectivity index (χ0v) is 6.38. The molecule has 2 fully saturated rings. The van der Waals surface area contributed by atoms with Crippen LogP contribution in [0.5, 0.6) is 0 Å². The highest BCUT2D eigenvalue weighted by atomic mass is 15.2. The van der Waals surface area contributed by atoms with Crippen LogP contribution in [0.25, 0.3) is 0 Å². The number of nitrogens with zero attached hydrogens (tertiary/aromatic N) is 1. The van der Waals surface area contributed by atoms with Crippen molar-refractivity contribution in [3.63, 3.8) is 0 Å². The first-order valence-corrected chi connectivity index (χ1v) is 3.96. The minimum Gasteiger partial charge on any atom is -0.316 e. The normalized spacial score (nSPS) is 48.0. The van der Waals surface area contributed by atoms with E-state index in [0.717, 1.165) is 0 Å². The Morgan fingerprint density at radius 3 is 3.00 bits per heavy atom. The smallest absolute Gasteiger partial charge is 0.0590 e. The molecule has 2 aliphatic heterocycles. The van der Waals surface area contributed by atoms with Crippen LogP contribution >= 0.6 is 0 Å². The van der Waals surface area contributed by atoms with Gasteiger partial charge < -0.3 is 10.6 Å². The van der Waals surface area contributed by atoms with Crippen molar-refractivity contribution >= 4 is 0 Å². The van der Waals surface area contributed by atoms with Gasteiger partial charge in [-0.2, -0.15) is 0 Å². The lowest BCUT2D eigenvalue weighted by Crippen LogP contribution is -2.38. The van der Waals surface area contributed by atoms with Gasteiger partial charge in [-0.25, -0.2) is 0 Å². The Morgan fingerprint density at radius 2 is 2.30 bits per heavy atom. The van der Waals surface area contributed by atoms with Gasteiger partial charge in [0.15, 0.2) is 0 Å². The maximum atomic E-state index is 5.84. The standard InChI is InChI=1S/C7H15N3/c1-10-3-5-2-6(4-10)9-7(5)8/h5-7,9H,2-4,8H2,1H3. The largest absolute Gasteiger partial charge is 0.316 e. The number of piperidine rings is 1. The van der Waals surface area contributed by atoms with Crippen molar-refractivity contribution in [2.24, 2.45) is 11.7 Å². The molecule has 0 amide bonds. The molecule has 0 spiro atoms. The maximum absolute atomic E-state index is 5.84. The number of fused-ring (bicyclic) bond motifs is 2. The summed E-state index contributed by atoms with van der Waals surface area (Å²) < 4.78 is 0. The van der Waals surface area contributed by atoms with Crippen molar-refractivity contribution in [1.29, 1.82) is 0 Å². The molecule has 0 aliphatic carbocycles. The Bertz CT molecular complexity index is 132. The predicted molar refractivity (Wildman–Crippen MR) is 40.5 cm³/mol.